The van der Waals surface area contributed by atoms with Crippen LogP contribution < -0.4 is 4.74 Å². The molecule has 0 unspecified atom stereocenters. The highest BCUT2D eigenvalue weighted by atomic mass is 32.2. The first-order chi connectivity index (χ1) is 10.4. The number of carbonyl (C=O) groups is 1. The van der Waals surface area contributed by atoms with Crippen LogP contribution in [0.4, 0.5) is 0 Å². The van der Waals surface area contributed by atoms with Crippen LogP contribution in [0.25, 0.3) is 0 Å². The molecule has 1 amide bonds. The number of amides is 1. The lowest BCUT2D eigenvalue weighted by molar-refractivity contribution is -0.134. The Hall–Kier alpha value is -1.60. The van der Waals surface area contributed by atoms with Gasteiger partial charge >= 0.3 is 0 Å². The Morgan fingerprint density at radius 1 is 1.23 bits per heavy atom. The molecule has 1 saturated heterocycles. The van der Waals surface area contributed by atoms with Crippen LogP contribution in [-0.4, -0.2) is 56.3 Å². The minimum atomic E-state index is -3.65. The number of nitrogens with zero attached hydrogens (tertiary/aromatic N) is 2. The predicted molar refractivity (Wildman–Crippen MR) is 81.2 cm³/mol. The SMILES string of the molecule is COc1ccc(S(=O)(=O)N2CCN(C3CC3)C(=O)C2)c(C)c1. The Bertz CT molecular complexity index is 697. The van der Waals surface area contributed by atoms with E-state index in [0.29, 0.717) is 30.4 Å². The number of rotatable bonds is 4. The second-order valence-corrected chi connectivity index (χ2v) is 7.69. The molecule has 0 atom stereocenters. The van der Waals surface area contributed by atoms with Gasteiger partial charge in [-0.3, -0.25) is 4.79 Å². The molecule has 0 N–H and O–H groups in total. The molecule has 120 valence electrons. The van der Waals surface area contributed by atoms with Crippen molar-refractivity contribution in [1.29, 1.82) is 0 Å². The zero-order valence-electron chi connectivity index (χ0n) is 12.8. The van der Waals surface area contributed by atoms with Gasteiger partial charge in [0.05, 0.1) is 18.6 Å². The van der Waals surface area contributed by atoms with E-state index in [4.69, 9.17) is 4.74 Å². The van der Waals surface area contributed by atoms with E-state index in [9.17, 15) is 13.2 Å². The number of benzene rings is 1. The van der Waals surface area contributed by atoms with Crippen molar-refractivity contribution in [2.24, 2.45) is 0 Å². The molecule has 1 heterocycles. The zero-order chi connectivity index (χ0) is 15.9. The van der Waals surface area contributed by atoms with E-state index in [1.54, 1.807) is 32.2 Å². The van der Waals surface area contributed by atoms with Crippen LogP contribution >= 0.6 is 0 Å². The third kappa shape index (κ3) is 2.70. The van der Waals surface area contributed by atoms with Crippen LogP contribution in [0, 0.1) is 6.92 Å². The van der Waals surface area contributed by atoms with Crippen molar-refractivity contribution in [2.75, 3.05) is 26.7 Å². The largest absolute Gasteiger partial charge is 0.497 e. The van der Waals surface area contributed by atoms with Gasteiger partial charge in [-0.15, -0.1) is 0 Å². The summed E-state index contributed by atoms with van der Waals surface area (Å²) in [4.78, 5) is 14.2. The number of piperazine rings is 1. The highest BCUT2D eigenvalue weighted by molar-refractivity contribution is 7.89. The summed E-state index contributed by atoms with van der Waals surface area (Å²) >= 11 is 0. The van der Waals surface area contributed by atoms with Gasteiger partial charge in [-0.1, -0.05) is 0 Å². The van der Waals surface area contributed by atoms with Crippen molar-refractivity contribution < 1.29 is 17.9 Å². The molecule has 2 fully saturated rings. The maximum atomic E-state index is 12.8. The number of sulfonamides is 1. The molecule has 0 aromatic heterocycles. The average Bonchev–Trinajstić information content (AvgIpc) is 3.31. The fourth-order valence-corrected chi connectivity index (χ4v) is 4.41. The maximum Gasteiger partial charge on any atom is 0.243 e. The molecule has 1 aliphatic heterocycles. The van der Waals surface area contributed by atoms with E-state index >= 15 is 0 Å². The smallest absolute Gasteiger partial charge is 0.243 e. The van der Waals surface area contributed by atoms with Gasteiger partial charge < -0.3 is 9.64 Å². The van der Waals surface area contributed by atoms with Crippen molar-refractivity contribution >= 4 is 15.9 Å². The Balaban J connectivity index is 1.82. The topological polar surface area (TPSA) is 66.9 Å². The predicted octanol–water partition coefficient (Wildman–Crippen LogP) is 0.999. The van der Waals surface area contributed by atoms with E-state index in [2.05, 4.69) is 0 Å². The summed E-state index contributed by atoms with van der Waals surface area (Å²) < 4.78 is 31.9. The third-order valence-corrected chi connectivity index (χ3v) is 6.22. The maximum absolute atomic E-state index is 12.8. The molecule has 1 saturated carbocycles. The normalized spacial score (nSPS) is 20.3. The summed E-state index contributed by atoms with van der Waals surface area (Å²) in [5.41, 5.74) is 0.622. The Morgan fingerprint density at radius 2 is 1.95 bits per heavy atom. The van der Waals surface area contributed by atoms with E-state index in [-0.39, 0.29) is 17.3 Å². The molecule has 6 nitrogen and oxygen atoms in total. The van der Waals surface area contributed by atoms with Crippen LogP contribution in [0.2, 0.25) is 0 Å². The summed E-state index contributed by atoms with van der Waals surface area (Å²) in [7, 11) is -2.11. The molecule has 2 aliphatic rings. The molecule has 1 aromatic carbocycles. The van der Waals surface area contributed by atoms with Crippen molar-refractivity contribution in [2.45, 2.75) is 30.7 Å². The van der Waals surface area contributed by atoms with Crippen LogP contribution in [0.15, 0.2) is 23.1 Å². The van der Waals surface area contributed by atoms with Crippen LogP contribution in [-0.2, 0) is 14.8 Å². The molecule has 3 rings (SSSR count). The molecule has 1 aromatic rings. The lowest BCUT2D eigenvalue weighted by Gasteiger charge is -2.34. The number of hydrogen-bond donors (Lipinski definition) is 0. The molecule has 0 spiro atoms. The summed E-state index contributed by atoms with van der Waals surface area (Å²) in [5, 5.41) is 0. The highest BCUT2D eigenvalue weighted by Crippen LogP contribution is 2.30. The van der Waals surface area contributed by atoms with Gasteiger partial charge in [0.2, 0.25) is 15.9 Å². The first-order valence-corrected chi connectivity index (χ1v) is 8.82. The van der Waals surface area contributed by atoms with Gasteiger partial charge in [0, 0.05) is 19.1 Å². The summed E-state index contributed by atoms with van der Waals surface area (Å²) in [6.45, 7) is 2.51. The fraction of sp³-hybridized carbons (Fsp3) is 0.533. The number of aryl methyl sites for hydroxylation is 1. The van der Waals surface area contributed by atoms with E-state index in [0.717, 1.165) is 12.8 Å². The summed E-state index contributed by atoms with van der Waals surface area (Å²) in [5.74, 6) is 0.523. The Labute approximate surface area is 130 Å². The lowest BCUT2D eigenvalue weighted by atomic mass is 10.2. The molecular weight excluding hydrogens is 304 g/mol. The van der Waals surface area contributed by atoms with Crippen molar-refractivity contribution in [3.8, 4) is 5.75 Å². The first kappa shape index (κ1) is 15.3. The highest BCUT2D eigenvalue weighted by Gasteiger charge is 2.39. The van der Waals surface area contributed by atoms with E-state index < -0.39 is 10.0 Å². The van der Waals surface area contributed by atoms with Gasteiger partial charge in [-0.2, -0.15) is 4.31 Å². The molecule has 1 aliphatic carbocycles. The molecular formula is C15H20N2O4S. The second kappa shape index (κ2) is 5.55. The molecule has 0 radical (unpaired) electrons. The van der Waals surface area contributed by atoms with E-state index in [1.165, 1.54) is 4.31 Å². The van der Waals surface area contributed by atoms with Gasteiger partial charge in [-0.25, -0.2) is 8.42 Å². The average molecular weight is 324 g/mol. The van der Waals surface area contributed by atoms with Crippen LogP contribution in [0.5, 0.6) is 5.75 Å². The van der Waals surface area contributed by atoms with Gasteiger partial charge in [0.15, 0.2) is 0 Å². The van der Waals surface area contributed by atoms with Crippen molar-refractivity contribution in [1.82, 2.24) is 9.21 Å². The number of hydrogen-bond acceptors (Lipinski definition) is 4. The van der Waals surface area contributed by atoms with Crippen LogP contribution in [0.3, 0.4) is 0 Å². The number of carbonyl (C=O) groups excluding carboxylic acids is 1. The van der Waals surface area contributed by atoms with E-state index in [1.807, 2.05) is 4.90 Å². The van der Waals surface area contributed by atoms with Gasteiger partial charge in [0.25, 0.3) is 0 Å². The van der Waals surface area contributed by atoms with Crippen molar-refractivity contribution in [3.63, 3.8) is 0 Å². The molecule has 0 bridgehead atoms. The summed E-state index contributed by atoms with van der Waals surface area (Å²) in [6, 6.07) is 5.19. The summed E-state index contributed by atoms with van der Waals surface area (Å²) in [6.07, 6.45) is 2.08. The minimum Gasteiger partial charge on any atom is -0.497 e. The van der Waals surface area contributed by atoms with Crippen LogP contribution in [0.1, 0.15) is 18.4 Å². The first-order valence-electron chi connectivity index (χ1n) is 7.38. The minimum absolute atomic E-state index is 0.0652. The number of ether oxygens (including phenoxy) is 1. The lowest BCUT2D eigenvalue weighted by Crippen LogP contribution is -2.52. The second-order valence-electron chi connectivity index (χ2n) is 5.79. The molecule has 22 heavy (non-hydrogen) atoms. The monoisotopic (exact) mass is 324 g/mol. The fourth-order valence-electron chi connectivity index (χ4n) is 2.82. The van der Waals surface area contributed by atoms with Gasteiger partial charge in [0.1, 0.15) is 5.75 Å². The van der Waals surface area contributed by atoms with Crippen molar-refractivity contribution in [3.05, 3.63) is 23.8 Å². The Kier molecular flexibility index (Phi) is 3.86. The quantitative estimate of drug-likeness (QED) is 0.829. The standard InChI is InChI=1S/C15H20N2O4S/c1-11-9-13(21-2)5-6-14(11)22(19,20)16-7-8-17(12-3-4-12)15(18)10-16/h5-6,9,12H,3-4,7-8,10H2,1-2H3. The molecule has 7 heteroatoms. The third-order valence-electron chi connectivity index (χ3n) is 4.21. The number of methoxy groups -OCH3 is 1. The Morgan fingerprint density at radius 3 is 2.50 bits per heavy atom. The van der Waals surface area contributed by atoms with Gasteiger partial charge in [-0.05, 0) is 43.5 Å². The zero-order valence-corrected chi connectivity index (χ0v) is 13.6.